The minimum atomic E-state index is 0.318. The first-order chi connectivity index (χ1) is 16.4. The fourth-order valence-corrected chi connectivity index (χ4v) is 4.79. The lowest BCUT2D eigenvalue weighted by Crippen LogP contribution is -2.48. The molecule has 0 amide bonds. The second-order valence-electron chi connectivity index (χ2n) is 8.76. The monoisotopic (exact) mass is 440 g/mol. The molecule has 0 saturated carbocycles. The molecule has 0 spiro atoms. The van der Waals surface area contributed by atoms with E-state index < -0.39 is 0 Å². The van der Waals surface area contributed by atoms with Gasteiger partial charge in [-0.1, -0.05) is 66.7 Å². The van der Waals surface area contributed by atoms with Crippen LogP contribution < -0.4 is 0 Å². The van der Waals surface area contributed by atoms with E-state index in [1.165, 1.54) is 16.7 Å². The van der Waals surface area contributed by atoms with Gasteiger partial charge in [0.05, 0.1) is 25.5 Å². The smallest absolute Gasteiger partial charge is 0.133 e. The second kappa shape index (κ2) is 10.8. The average molecular weight is 441 g/mol. The van der Waals surface area contributed by atoms with E-state index in [1.807, 2.05) is 12.1 Å². The van der Waals surface area contributed by atoms with Crippen molar-refractivity contribution in [3.8, 4) is 0 Å². The molecule has 2 heterocycles. The lowest BCUT2D eigenvalue weighted by Gasteiger charge is -2.39. The largest absolute Gasteiger partial charge is 0.464 e. The summed E-state index contributed by atoms with van der Waals surface area (Å²) in [6.45, 7) is 6.84. The molecule has 1 aliphatic heterocycles. The molecule has 0 aliphatic carbocycles. The minimum Gasteiger partial charge on any atom is -0.464 e. The maximum atomic E-state index is 5.97. The molecule has 33 heavy (non-hydrogen) atoms. The van der Waals surface area contributed by atoms with Crippen molar-refractivity contribution in [2.24, 2.45) is 0 Å². The summed E-state index contributed by atoms with van der Waals surface area (Å²) in [6.07, 6.45) is 2.68. The summed E-state index contributed by atoms with van der Waals surface area (Å²) in [5, 5.41) is 1.16. The van der Waals surface area contributed by atoms with Gasteiger partial charge in [-0.3, -0.25) is 9.80 Å². The molecule has 1 aromatic heterocycles. The Morgan fingerprint density at radius 3 is 2.15 bits per heavy atom. The number of benzene rings is 3. The molecule has 1 saturated heterocycles. The van der Waals surface area contributed by atoms with Gasteiger partial charge in [0.15, 0.2) is 0 Å². The van der Waals surface area contributed by atoms with E-state index >= 15 is 0 Å². The molecule has 1 aliphatic rings. The van der Waals surface area contributed by atoms with Crippen LogP contribution in [0.5, 0.6) is 0 Å². The SMILES string of the molecule is c1ccc(C(c2ccccc2)N2CCN(CCOCCc3ccc4occc4c3)CC2)cc1. The van der Waals surface area contributed by atoms with E-state index in [0.717, 1.165) is 63.3 Å². The lowest BCUT2D eigenvalue weighted by atomic mass is 9.96. The molecule has 0 bridgehead atoms. The zero-order valence-electron chi connectivity index (χ0n) is 19.1. The van der Waals surface area contributed by atoms with Crippen LogP contribution in [0.15, 0.2) is 95.6 Å². The van der Waals surface area contributed by atoms with E-state index in [9.17, 15) is 0 Å². The predicted octanol–water partition coefficient (Wildman–Crippen LogP) is 5.40. The Kier molecular flexibility index (Phi) is 7.17. The highest BCUT2D eigenvalue weighted by molar-refractivity contribution is 5.77. The summed E-state index contributed by atoms with van der Waals surface area (Å²) in [7, 11) is 0. The molecule has 1 fully saturated rings. The van der Waals surface area contributed by atoms with Crippen LogP contribution in [0.1, 0.15) is 22.7 Å². The summed E-state index contributed by atoms with van der Waals surface area (Å²) in [6, 6.07) is 30.5. The van der Waals surface area contributed by atoms with Gasteiger partial charge in [0.25, 0.3) is 0 Å². The van der Waals surface area contributed by atoms with Crippen LogP contribution in [0.25, 0.3) is 11.0 Å². The summed E-state index contributed by atoms with van der Waals surface area (Å²) in [5.41, 5.74) is 4.98. The van der Waals surface area contributed by atoms with E-state index in [0.29, 0.717) is 6.04 Å². The van der Waals surface area contributed by atoms with Crippen molar-refractivity contribution in [2.75, 3.05) is 45.9 Å². The molecule has 0 unspecified atom stereocenters. The van der Waals surface area contributed by atoms with Crippen molar-refractivity contribution in [2.45, 2.75) is 12.5 Å². The van der Waals surface area contributed by atoms with Crippen molar-refractivity contribution in [3.63, 3.8) is 0 Å². The molecule has 170 valence electrons. The number of rotatable bonds is 9. The van der Waals surface area contributed by atoms with Crippen LogP contribution in [0.2, 0.25) is 0 Å². The highest BCUT2D eigenvalue weighted by Gasteiger charge is 2.26. The number of fused-ring (bicyclic) bond motifs is 1. The number of ether oxygens (including phenoxy) is 1. The molecule has 5 rings (SSSR count). The second-order valence-corrected chi connectivity index (χ2v) is 8.76. The van der Waals surface area contributed by atoms with Gasteiger partial charge in [0, 0.05) is 38.1 Å². The first-order valence-corrected chi connectivity index (χ1v) is 12.0. The van der Waals surface area contributed by atoms with E-state index in [2.05, 4.69) is 82.6 Å². The Balaban J connectivity index is 1.08. The molecule has 4 nitrogen and oxygen atoms in total. The highest BCUT2D eigenvalue weighted by atomic mass is 16.5. The molecule has 0 N–H and O–H groups in total. The van der Waals surface area contributed by atoms with Gasteiger partial charge < -0.3 is 9.15 Å². The fourth-order valence-electron chi connectivity index (χ4n) is 4.79. The quantitative estimate of drug-likeness (QED) is 0.326. The molecular weight excluding hydrogens is 408 g/mol. The van der Waals surface area contributed by atoms with Crippen LogP contribution >= 0.6 is 0 Å². The summed E-state index contributed by atoms with van der Waals surface area (Å²) in [4.78, 5) is 5.15. The molecule has 0 radical (unpaired) electrons. The topological polar surface area (TPSA) is 28.9 Å². The van der Waals surface area contributed by atoms with Crippen molar-refractivity contribution in [1.29, 1.82) is 0 Å². The van der Waals surface area contributed by atoms with Gasteiger partial charge in [-0.2, -0.15) is 0 Å². The summed E-state index contributed by atoms with van der Waals surface area (Å²) < 4.78 is 11.4. The Bertz CT molecular complexity index is 1080. The number of piperazine rings is 1. The van der Waals surface area contributed by atoms with Crippen LogP contribution in [0.4, 0.5) is 0 Å². The zero-order valence-corrected chi connectivity index (χ0v) is 19.1. The Labute approximate surface area is 196 Å². The third-order valence-electron chi connectivity index (χ3n) is 6.61. The third-order valence-corrected chi connectivity index (χ3v) is 6.61. The van der Waals surface area contributed by atoms with Crippen molar-refractivity contribution < 1.29 is 9.15 Å². The third kappa shape index (κ3) is 5.53. The summed E-state index contributed by atoms with van der Waals surface area (Å²) in [5.74, 6) is 0. The van der Waals surface area contributed by atoms with Gasteiger partial charge in [-0.05, 0) is 41.3 Å². The molecule has 3 aromatic carbocycles. The Hall–Kier alpha value is -2.92. The van der Waals surface area contributed by atoms with Gasteiger partial charge >= 0.3 is 0 Å². The van der Waals surface area contributed by atoms with Crippen LogP contribution in [0.3, 0.4) is 0 Å². The normalized spacial score (nSPS) is 15.4. The van der Waals surface area contributed by atoms with Gasteiger partial charge in [-0.25, -0.2) is 0 Å². The maximum absolute atomic E-state index is 5.97. The van der Waals surface area contributed by atoms with Crippen LogP contribution in [-0.4, -0.2) is 55.7 Å². The van der Waals surface area contributed by atoms with Crippen LogP contribution in [0, 0.1) is 0 Å². The van der Waals surface area contributed by atoms with Crippen LogP contribution in [-0.2, 0) is 11.2 Å². The number of nitrogens with zero attached hydrogens (tertiary/aromatic N) is 2. The summed E-state index contributed by atoms with van der Waals surface area (Å²) >= 11 is 0. The standard InChI is InChI=1S/C29H32N2O2/c1-3-7-25(8-4-1)29(26-9-5-2-6-10-26)31-17-15-30(16-18-31)19-22-32-20-13-24-11-12-28-27(23-24)14-21-33-28/h1-12,14,21,23,29H,13,15-20,22H2. The average Bonchev–Trinajstić information content (AvgIpc) is 3.34. The maximum Gasteiger partial charge on any atom is 0.133 e. The van der Waals surface area contributed by atoms with Gasteiger partial charge in [0.2, 0.25) is 0 Å². The number of furan rings is 1. The van der Waals surface area contributed by atoms with E-state index in [-0.39, 0.29) is 0 Å². The Morgan fingerprint density at radius 1 is 0.758 bits per heavy atom. The van der Waals surface area contributed by atoms with Crippen molar-refractivity contribution in [3.05, 3.63) is 108 Å². The number of hydrogen-bond donors (Lipinski definition) is 0. The lowest BCUT2D eigenvalue weighted by molar-refractivity contribution is 0.0677. The zero-order chi connectivity index (χ0) is 22.3. The predicted molar refractivity (Wildman–Crippen MR) is 133 cm³/mol. The first kappa shape index (κ1) is 21.9. The van der Waals surface area contributed by atoms with Gasteiger partial charge in [-0.15, -0.1) is 0 Å². The molecule has 4 heteroatoms. The van der Waals surface area contributed by atoms with E-state index in [1.54, 1.807) is 6.26 Å². The molecule has 4 aromatic rings. The van der Waals surface area contributed by atoms with Gasteiger partial charge in [0.1, 0.15) is 5.58 Å². The highest BCUT2D eigenvalue weighted by Crippen LogP contribution is 2.29. The van der Waals surface area contributed by atoms with E-state index in [4.69, 9.17) is 9.15 Å². The van der Waals surface area contributed by atoms with Crippen molar-refractivity contribution >= 4 is 11.0 Å². The minimum absolute atomic E-state index is 0.318. The first-order valence-electron chi connectivity index (χ1n) is 12.0. The fraction of sp³-hybridized carbons (Fsp3) is 0.310. The Morgan fingerprint density at radius 2 is 1.45 bits per heavy atom. The van der Waals surface area contributed by atoms with Crippen molar-refractivity contribution in [1.82, 2.24) is 9.80 Å². The molecule has 0 atom stereocenters. The number of hydrogen-bond acceptors (Lipinski definition) is 4. The molecular formula is C29H32N2O2.